The first-order valence-electron chi connectivity index (χ1n) is 5.51. The van der Waals surface area contributed by atoms with Gasteiger partial charge in [-0.3, -0.25) is 9.69 Å². The van der Waals surface area contributed by atoms with Gasteiger partial charge in [-0.05, 0) is 40.2 Å². The summed E-state index contributed by atoms with van der Waals surface area (Å²) in [6.45, 7) is 4.95. The van der Waals surface area contributed by atoms with Crippen LogP contribution in [0.4, 0.5) is 0 Å². The fourth-order valence-corrected chi connectivity index (χ4v) is 1.65. The highest BCUT2D eigenvalue weighted by atomic mass is 16.5. The summed E-state index contributed by atoms with van der Waals surface area (Å²) in [6.07, 6.45) is 3.55. The Labute approximate surface area is 91.2 Å². The summed E-state index contributed by atoms with van der Waals surface area (Å²) < 4.78 is 5.59. The lowest BCUT2D eigenvalue weighted by molar-refractivity contribution is -0.149. The van der Waals surface area contributed by atoms with Crippen molar-refractivity contribution in [3.63, 3.8) is 0 Å². The molecule has 1 aliphatic rings. The van der Waals surface area contributed by atoms with Gasteiger partial charge in [-0.15, -0.1) is 0 Å². The first kappa shape index (κ1) is 12.5. The Bertz CT molecular complexity index is 222. The molecule has 0 bridgehead atoms. The van der Waals surface area contributed by atoms with Crippen molar-refractivity contribution in [1.82, 2.24) is 4.90 Å². The Hall–Kier alpha value is -0.610. The summed E-state index contributed by atoms with van der Waals surface area (Å²) in [7, 11) is 1.84. The number of hydrogen-bond donors (Lipinski definition) is 1. The number of hydrogen-bond acceptors (Lipinski definition) is 3. The molecule has 0 aromatic heterocycles. The second-order valence-electron chi connectivity index (χ2n) is 4.73. The maximum atomic E-state index is 11.0. The molecule has 1 unspecified atom stereocenters. The standard InChI is InChI=1S/C11H21NO3/c1-11(2,10(13)14)12(3)8-9-6-4-5-7-15-9/h9H,4-8H2,1-3H3,(H,13,14). The lowest BCUT2D eigenvalue weighted by atomic mass is 10.0. The van der Waals surface area contributed by atoms with Crippen LogP contribution in [0.1, 0.15) is 33.1 Å². The van der Waals surface area contributed by atoms with E-state index in [0.717, 1.165) is 19.4 Å². The molecule has 1 aliphatic heterocycles. The van der Waals surface area contributed by atoms with Gasteiger partial charge in [-0.1, -0.05) is 0 Å². The smallest absolute Gasteiger partial charge is 0.323 e. The highest BCUT2D eigenvalue weighted by molar-refractivity contribution is 5.77. The van der Waals surface area contributed by atoms with Crippen LogP contribution in [0.5, 0.6) is 0 Å². The Kier molecular flexibility index (Phi) is 4.11. The Morgan fingerprint density at radius 1 is 1.53 bits per heavy atom. The van der Waals surface area contributed by atoms with Crippen molar-refractivity contribution < 1.29 is 14.6 Å². The fraction of sp³-hybridized carbons (Fsp3) is 0.909. The van der Waals surface area contributed by atoms with E-state index >= 15 is 0 Å². The highest BCUT2D eigenvalue weighted by Gasteiger charge is 2.33. The Morgan fingerprint density at radius 2 is 2.20 bits per heavy atom. The second-order valence-corrected chi connectivity index (χ2v) is 4.73. The molecule has 1 atom stereocenters. The third kappa shape index (κ3) is 3.18. The van der Waals surface area contributed by atoms with Crippen LogP contribution < -0.4 is 0 Å². The number of ether oxygens (including phenoxy) is 1. The van der Waals surface area contributed by atoms with Crippen molar-refractivity contribution in [3.05, 3.63) is 0 Å². The van der Waals surface area contributed by atoms with Crippen LogP contribution in [0.25, 0.3) is 0 Å². The number of carboxylic acid groups (broad SMARTS) is 1. The van der Waals surface area contributed by atoms with Crippen molar-refractivity contribution in [2.45, 2.75) is 44.8 Å². The van der Waals surface area contributed by atoms with Crippen LogP contribution in [0.3, 0.4) is 0 Å². The summed E-state index contributed by atoms with van der Waals surface area (Å²) in [5.74, 6) is -0.791. The van der Waals surface area contributed by atoms with Crippen molar-refractivity contribution in [2.75, 3.05) is 20.2 Å². The largest absolute Gasteiger partial charge is 0.480 e. The van der Waals surface area contributed by atoms with E-state index in [1.807, 2.05) is 11.9 Å². The molecular formula is C11H21NO3. The third-order valence-electron chi connectivity index (χ3n) is 3.23. The number of aliphatic carboxylic acids is 1. The summed E-state index contributed by atoms with van der Waals surface area (Å²) >= 11 is 0. The maximum Gasteiger partial charge on any atom is 0.323 e. The minimum atomic E-state index is -0.819. The van der Waals surface area contributed by atoms with Gasteiger partial charge in [-0.25, -0.2) is 0 Å². The monoisotopic (exact) mass is 215 g/mol. The van der Waals surface area contributed by atoms with Crippen LogP contribution in [-0.4, -0.2) is 47.8 Å². The second kappa shape index (κ2) is 4.94. The normalized spacial score (nSPS) is 23.1. The average Bonchev–Trinajstić information content (AvgIpc) is 2.18. The van der Waals surface area contributed by atoms with Gasteiger partial charge in [0.15, 0.2) is 0 Å². The first-order valence-corrected chi connectivity index (χ1v) is 5.51. The van der Waals surface area contributed by atoms with Gasteiger partial charge in [0, 0.05) is 13.2 Å². The van der Waals surface area contributed by atoms with Crippen LogP contribution in [0.15, 0.2) is 0 Å². The Balaban J connectivity index is 2.46. The summed E-state index contributed by atoms with van der Waals surface area (Å²) in [5.41, 5.74) is -0.819. The minimum Gasteiger partial charge on any atom is -0.480 e. The molecule has 0 aliphatic carbocycles. The van der Waals surface area contributed by atoms with E-state index in [-0.39, 0.29) is 6.10 Å². The van der Waals surface area contributed by atoms with Crippen molar-refractivity contribution in [1.29, 1.82) is 0 Å². The first-order chi connectivity index (χ1) is 6.94. The molecule has 1 heterocycles. The molecule has 1 saturated heterocycles. The average molecular weight is 215 g/mol. The van der Waals surface area contributed by atoms with Crippen molar-refractivity contribution >= 4 is 5.97 Å². The van der Waals surface area contributed by atoms with Gasteiger partial charge < -0.3 is 9.84 Å². The van der Waals surface area contributed by atoms with Crippen LogP contribution in [0, 0.1) is 0 Å². The number of carbonyl (C=O) groups is 1. The minimum absolute atomic E-state index is 0.197. The lowest BCUT2D eigenvalue weighted by Gasteiger charge is -2.35. The zero-order valence-electron chi connectivity index (χ0n) is 9.82. The van der Waals surface area contributed by atoms with Crippen LogP contribution in [-0.2, 0) is 9.53 Å². The fourth-order valence-electron chi connectivity index (χ4n) is 1.65. The van der Waals surface area contributed by atoms with E-state index in [1.54, 1.807) is 13.8 Å². The number of likely N-dealkylation sites (N-methyl/N-ethyl adjacent to an activating group) is 1. The molecule has 1 fully saturated rings. The van der Waals surface area contributed by atoms with E-state index in [9.17, 15) is 4.79 Å². The quantitative estimate of drug-likeness (QED) is 0.769. The van der Waals surface area contributed by atoms with Gasteiger partial charge in [-0.2, -0.15) is 0 Å². The molecule has 0 saturated carbocycles. The molecule has 0 aromatic carbocycles. The zero-order valence-corrected chi connectivity index (χ0v) is 9.82. The third-order valence-corrected chi connectivity index (χ3v) is 3.23. The molecule has 0 radical (unpaired) electrons. The molecule has 0 spiro atoms. The molecule has 4 heteroatoms. The van der Waals surface area contributed by atoms with E-state index < -0.39 is 11.5 Å². The van der Waals surface area contributed by atoms with E-state index in [2.05, 4.69) is 0 Å². The van der Waals surface area contributed by atoms with Crippen molar-refractivity contribution in [2.24, 2.45) is 0 Å². The highest BCUT2D eigenvalue weighted by Crippen LogP contribution is 2.18. The number of rotatable bonds is 4. The van der Waals surface area contributed by atoms with Gasteiger partial charge in [0.05, 0.1) is 6.10 Å². The molecule has 15 heavy (non-hydrogen) atoms. The van der Waals surface area contributed by atoms with Crippen LogP contribution >= 0.6 is 0 Å². The van der Waals surface area contributed by atoms with E-state index in [1.165, 1.54) is 6.42 Å². The molecule has 0 amide bonds. The molecule has 1 rings (SSSR count). The molecule has 4 nitrogen and oxygen atoms in total. The predicted molar refractivity (Wildman–Crippen MR) is 57.9 cm³/mol. The molecule has 0 aromatic rings. The van der Waals surface area contributed by atoms with Crippen molar-refractivity contribution in [3.8, 4) is 0 Å². The SMILES string of the molecule is CN(CC1CCCCO1)C(C)(C)C(=O)O. The summed E-state index contributed by atoms with van der Waals surface area (Å²) in [4.78, 5) is 12.9. The lowest BCUT2D eigenvalue weighted by Crippen LogP contribution is -2.51. The van der Waals surface area contributed by atoms with E-state index in [0.29, 0.717) is 6.54 Å². The maximum absolute atomic E-state index is 11.0. The Morgan fingerprint density at radius 3 is 2.67 bits per heavy atom. The van der Waals surface area contributed by atoms with E-state index in [4.69, 9.17) is 9.84 Å². The van der Waals surface area contributed by atoms with Crippen LogP contribution in [0.2, 0.25) is 0 Å². The van der Waals surface area contributed by atoms with Gasteiger partial charge in [0.1, 0.15) is 5.54 Å². The van der Waals surface area contributed by atoms with Gasteiger partial charge in [0.2, 0.25) is 0 Å². The van der Waals surface area contributed by atoms with Gasteiger partial charge in [0.25, 0.3) is 0 Å². The molecule has 88 valence electrons. The topological polar surface area (TPSA) is 49.8 Å². The molecular weight excluding hydrogens is 194 g/mol. The number of nitrogens with zero attached hydrogens (tertiary/aromatic N) is 1. The predicted octanol–water partition coefficient (Wildman–Crippen LogP) is 1.35. The van der Waals surface area contributed by atoms with Gasteiger partial charge >= 0.3 is 5.97 Å². The summed E-state index contributed by atoms with van der Waals surface area (Å²) in [6, 6.07) is 0. The molecule has 1 N–H and O–H groups in total. The number of carboxylic acids is 1. The zero-order chi connectivity index (χ0) is 11.5. The summed E-state index contributed by atoms with van der Waals surface area (Å²) in [5, 5.41) is 9.06.